The Kier molecular flexibility index (Phi) is 5.23. The van der Waals surface area contributed by atoms with E-state index in [-0.39, 0.29) is 0 Å². The Bertz CT molecular complexity index is 824. The maximum atomic E-state index is 5.97. The minimum Gasteiger partial charge on any atom is -0.361 e. The molecule has 1 aromatic carbocycles. The zero-order valence-corrected chi connectivity index (χ0v) is 17.0. The minimum absolute atomic E-state index is 0.542. The molecule has 0 amide bonds. The molecule has 3 rings (SSSR count). The molecule has 0 spiro atoms. The summed E-state index contributed by atoms with van der Waals surface area (Å²) in [5, 5.41) is 0. The molecule has 0 aliphatic heterocycles. The highest BCUT2D eigenvalue weighted by molar-refractivity contribution is 9.10. The van der Waals surface area contributed by atoms with Crippen molar-refractivity contribution in [2.75, 3.05) is 6.61 Å². The van der Waals surface area contributed by atoms with Crippen LogP contribution >= 0.6 is 15.9 Å². The van der Waals surface area contributed by atoms with Crippen molar-refractivity contribution in [2.24, 2.45) is 0 Å². The van der Waals surface area contributed by atoms with Gasteiger partial charge in [0.05, 0.1) is 15.6 Å². The summed E-state index contributed by atoms with van der Waals surface area (Å²) in [7, 11) is -1.07. The molecule has 2 aromatic heterocycles. The number of benzene rings is 1. The number of nitrogens with zero attached hydrogens (tertiary/aromatic N) is 2. The predicted octanol–water partition coefficient (Wildman–Crippen LogP) is 5.78. The largest absolute Gasteiger partial charge is 0.361 e. The van der Waals surface area contributed by atoms with Gasteiger partial charge in [-0.25, -0.2) is 0 Å². The van der Waals surface area contributed by atoms with Crippen molar-refractivity contribution in [1.82, 2.24) is 9.55 Å². The molecule has 5 heteroatoms. The third-order valence-corrected chi connectivity index (χ3v) is 6.57. The Balaban J connectivity index is 1.93. The number of hydrogen-bond acceptors (Lipinski definition) is 2. The SMILES string of the molecule is C[Si](C)(C)CCOCn1c(Br)c(-c2ccccc2)c2ncccc21. The summed E-state index contributed by atoms with van der Waals surface area (Å²) in [4.78, 5) is 4.61. The van der Waals surface area contributed by atoms with Gasteiger partial charge in [0, 0.05) is 26.4 Å². The molecule has 0 aliphatic carbocycles. The molecule has 0 N–H and O–H groups in total. The van der Waals surface area contributed by atoms with Crippen molar-refractivity contribution in [3.63, 3.8) is 0 Å². The van der Waals surface area contributed by atoms with Crippen LogP contribution in [-0.2, 0) is 11.5 Å². The van der Waals surface area contributed by atoms with Gasteiger partial charge < -0.3 is 9.30 Å². The number of rotatable bonds is 6. The Hall–Kier alpha value is -1.43. The summed E-state index contributed by atoms with van der Waals surface area (Å²) >= 11 is 3.77. The summed E-state index contributed by atoms with van der Waals surface area (Å²) in [5.74, 6) is 0. The topological polar surface area (TPSA) is 27.1 Å². The highest BCUT2D eigenvalue weighted by Gasteiger charge is 2.18. The molecule has 0 atom stereocenters. The predicted molar refractivity (Wildman–Crippen MR) is 107 cm³/mol. The molecule has 3 nitrogen and oxygen atoms in total. The first kappa shape index (κ1) is 17.4. The van der Waals surface area contributed by atoms with Gasteiger partial charge >= 0.3 is 0 Å². The van der Waals surface area contributed by atoms with Gasteiger partial charge in [0.1, 0.15) is 6.73 Å². The quantitative estimate of drug-likeness (QED) is 0.385. The average Bonchev–Trinajstić information content (AvgIpc) is 2.83. The molecule has 0 saturated heterocycles. The Morgan fingerprint density at radius 1 is 1.08 bits per heavy atom. The number of pyridine rings is 1. The van der Waals surface area contributed by atoms with Crippen LogP contribution in [0.5, 0.6) is 0 Å². The van der Waals surface area contributed by atoms with Gasteiger partial charge in [-0.1, -0.05) is 50.0 Å². The molecule has 24 heavy (non-hydrogen) atoms. The van der Waals surface area contributed by atoms with Gasteiger partial charge in [-0.2, -0.15) is 0 Å². The fourth-order valence-corrected chi connectivity index (χ4v) is 4.13. The molecule has 0 unspecified atom stereocenters. The van der Waals surface area contributed by atoms with Gasteiger partial charge in [0.15, 0.2) is 0 Å². The second kappa shape index (κ2) is 7.21. The second-order valence-electron chi connectivity index (χ2n) is 7.18. The molecule has 0 fully saturated rings. The molecular weight excluding hydrogens is 380 g/mol. The van der Waals surface area contributed by atoms with E-state index in [1.807, 2.05) is 18.3 Å². The summed E-state index contributed by atoms with van der Waals surface area (Å²) in [5.41, 5.74) is 4.38. The van der Waals surface area contributed by atoms with Crippen LogP contribution in [0.3, 0.4) is 0 Å². The van der Waals surface area contributed by atoms with Crippen molar-refractivity contribution < 1.29 is 4.74 Å². The van der Waals surface area contributed by atoms with Crippen molar-refractivity contribution in [3.8, 4) is 11.1 Å². The molecule has 0 aliphatic rings. The van der Waals surface area contributed by atoms with Crippen molar-refractivity contribution in [1.29, 1.82) is 0 Å². The van der Waals surface area contributed by atoms with E-state index in [2.05, 4.69) is 75.5 Å². The summed E-state index contributed by atoms with van der Waals surface area (Å²) < 4.78 is 9.16. The lowest BCUT2D eigenvalue weighted by molar-refractivity contribution is 0.0889. The molecule has 0 saturated carbocycles. The maximum Gasteiger partial charge on any atom is 0.123 e. The van der Waals surface area contributed by atoms with Crippen LogP contribution in [0.4, 0.5) is 0 Å². The Morgan fingerprint density at radius 3 is 2.54 bits per heavy atom. The minimum atomic E-state index is -1.07. The average molecular weight is 403 g/mol. The van der Waals surface area contributed by atoms with E-state index < -0.39 is 8.07 Å². The highest BCUT2D eigenvalue weighted by Crippen LogP contribution is 2.37. The molecule has 2 heterocycles. The number of fused-ring (bicyclic) bond motifs is 1. The van der Waals surface area contributed by atoms with Crippen LogP contribution < -0.4 is 0 Å². The Labute approximate surface area is 152 Å². The van der Waals surface area contributed by atoms with E-state index in [1.165, 1.54) is 6.04 Å². The molecule has 0 radical (unpaired) electrons. The molecule has 3 aromatic rings. The Morgan fingerprint density at radius 2 is 1.83 bits per heavy atom. The lowest BCUT2D eigenvalue weighted by Crippen LogP contribution is -2.22. The third-order valence-electron chi connectivity index (χ3n) is 4.04. The van der Waals surface area contributed by atoms with E-state index >= 15 is 0 Å². The van der Waals surface area contributed by atoms with E-state index in [9.17, 15) is 0 Å². The van der Waals surface area contributed by atoms with Crippen LogP contribution in [0.1, 0.15) is 0 Å². The normalized spacial score (nSPS) is 12.0. The number of aromatic nitrogens is 2. The fraction of sp³-hybridized carbons (Fsp3) is 0.316. The molecule has 0 bridgehead atoms. The third kappa shape index (κ3) is 3.79. The zero-order valence-electron chi connectivity index (χ0n) is 14.4. The van der Waals surface area contributed by atoms with E-state index in [0.717, 1.165) is 33.4 Å². The van der Waals surface area contributed by atoms with Crippen LogP contribution in [0.15, 0.2) is 53.3 Å². The molecule has 126 valence electrons. The van der Waals surface area contributed by atoms with Crippen molar-refractivity contribution in [3.05, 3.63) is 53.3 Å². The first-order valence-electron chi connectivity index (χ1n) is 8.23. The molecular formula is C19H23BrN2OSi. The van der Waals surface area contributed by atoms with Crippen molar-refractivity contribution in [2.45, 2.75) is 32.4 Å². The lowest BCUT2D eigenvalue weighted by atomic mass is 10.1. The van der Waals surface area contributed by atoms with Crippen LogP contribution in [0, 0.1) is 0 Å². The van der Waals surface area contributed by atoms with Gasteiger partial charge in [-0.3, -0.25) is 4.98 Å². The number of halogens is 1. The fourth-order valence-electron chi connectivity index (χ4n) is 2.67. The van der Waals surface area contributed by atoms with Gasteiger partial charge in [0.2, 0.25) is 0 Å². The zero-order chi connectivity index (χ0) is 17.2. The smallest absolute Gasteiger partial charge is 0.123 e. The monoisotopic (exact) mass is 402 g/mol. The first-order chi connectivity index (χ1) is 11.5. The summed E-state index contributed by atoms with van der Waals surface area (Å²) in [6.45, 7) is 8.46. The van der Waals surface area contributed by atoms with Gasteiger partial charge in [-0.15, -0.1) is 0 Å². The van der Waals surface area contributed by atoms with Gasteiger partial charge in [0.25, 0.3) is 0 Å². The first-order valence-corrected chi connectivity index (χ1v) is 12.7. The van der Waals surface area contributed by atoms with E-state index in [1.54, 1.807) is 0 Å². The van der Waals surface area contributed by atoms with Gasteiger partial charge in [-0.05, 0) is 39.7 Å². The lowest BCUT2D eigenvalue weighted by Gasteiger charge is -2.16. The second-order valence-corrected chi connectivity index (χ2v) is 13.6. The standard InChI is InChI=1S/C19H23BrN2OSi/c1-24(2,3)13-12-23-14-22-16-10-7-11-21-18(16)17(19(22)20)15-8-5-4-6-9-15/h4-11H,12-14H2,1-3H3. The van der Waals surface area contributed by atoms with E-state index in [0.29, 0.717) is 6.73 Å². The van der Waals surface area contributed by atoms with Crippen molar-refractivity contribution >= 4 is 35.0 Å². The summed E-state index contributed by atoms with van der Waals surface area (Å²) in [6.07, 6.45) is 1.84. The summed E-state index contributed by atoms with van der Waals surface area (Å²) in [6, 6.07) is 15.6. The number of hydrogen-bond donors (Lipinski definition) is 0. The van der Waals surface area contributed by atoms with E-state index in [4.69, 9.17) is 4.74 Å². The highest BCUT2D eigenvalue weighted by atomic mass is 79.9. The van der Waals surface area contributed by atoms with Crippen LogP contribution in [0.2, 0.25) is 25.7 Å². The maximum absolute atomic E-state index is 5.97. The number of ether oxygens (including phenoxy) is 1. The van der Waals surface area contributed by atoms with Crippen LogP contribution in [0.25, 0.3) is 22.2 Å². The van der Waals surface area contributed by atoms with Crippen LogP contribution in [-0.4, -0.2) is 24.2 Å².